The summed E-state index contributed by atoms with van der Waals surface area (Å²) in [7, 11) is 0. The average Bonchev–Trinajstić information content (AvgIpc) is 3.47. The molecule has 1 aromatic carbocycles. The topological polar surface area (TPSA) is 72.2 Å². The van der Waals surface area contributed by atoms with Crippen LogP contribution in [0.1, 0.15) is 48.7 Å². The highest BCUT2D eigenvalue weighted by molar-refractivity contribution is 7.15. The lowest BCUT2D eigenvalue weighted by Crippen LogP contribution is -2.15. The molecule has 1 aliphatic carbocycles. The first kappa shape index (κ1) is 18.4. The van der Waals surface area contributed by atoms with Gasteiger partial charge in [0, 0.05) is 28.8 Å². The number of rotatable bonds is 5. The summed E-state index contributed by atoms with van der Waals surface area (Å²) in [5, 5.41) is 15.1. The first-order valence-electron chi connectivity index (χ1n) is 9.90. The predicted octanol–water partition coefficient (Wildman–Crippen LogP) is 5.14. The summed E-state index contributed by atoms with van der Waals surface area (Å²) in [6, 6.07) is 10.1. The number of fused-ring (bicyclic) bond motifs is 1. The molecule has 0 aliphatic heterocycles. The number of thiazole rings is 1. The molecule has 0 radical (unpaired) electrons. The van der Waals surface area contributed by atoms with Gasteiger partial charge >= 0.3 is 0 Å². The highest BCUT2D eigenvalue weighted by atomic mass is 32.1. The standard InChI is InChI=1S/C21H21N5OS2/c27-18(23-20-25-24-19(29-20)15-9-5-2-6-10-15)11-16-13-28-21-22-17(12-26(16)21)14-7-3-1-4-8-14/h1,3-4,7-8,12-13,15H,2,5-6,9-11H2,(H,23,25,27). The number of hydrogen-bond acceptors (Lipinski definition) is 6. The minimum absolute atomic E-state index is 0.0778. The van der Waals surface area contributed by atoms with Gasteiger partial charge in [-0.1, -0.05) is 60.9 Å². The van der Waals surface area contributed by atoms with Crippen molar-refractivity contribution < 1.29 is 4.79 Å². The SMILES string of the molecule is O=C(Cc1csc2nc(-c3ccccc3)cn12)Nc1nnc(C2CCCCC2)s1. The van der Waals surface area contributed by atoms with Crippen molar-refractivity contribution in [2.24, 2.45) is 0 Å². The summed E-state index contributed by atoms with van der Waals surface area (Å²) in [5.41, 5.74) is 2.91. The van der Waals surface area contributed by atoms with Crippen molar-refractivity contribution in [3.8, 4) is 11.3 Å². The van der Waals surface area contributed by atoms with E-state index >= 15 is 0 Å². The van der Waals surface area contributed by atoms with Gasteiger partial charge in [-0.3, -0.25) is 9.20 Å². The van der Waals surface area contributed by atoms with Crippen molar-refractivity contribution in [1.29, 1.82) is 0 Å². The Morgan fingerprint density at radius 2 is 1.97 bits per heavy atom. The molecule has 0 bridgehead atoms. The zero-order valence-corrected chi connectivity index (χ0v) is 17.5. The zero-order valence-electron chi connectivity index (χ0n) is 15.9. The smallest absolute Gasteiger partial charge is 0.232 e. The quantitative estimate of drug-likeness (QED) is 0.482. The molecule has 148 valence electrons. The highest BCUT2D eigenvalue weighted by Crippen LogP contribution is 2.35. The molecular weight excluding hydrogens is 402 g/mol. The van der Waals surface area contributed by atoms with Crippen molar-refractivity contribution in [1.82, 2.24) is 19.6 Å². The molecule has 1 amide bonds. The number of amides is 1. The number of anilines is 1. The molecule has 0 saturated heterocycles. The molecule has 6 nitrogen and oxygen atoms in total. The van der Waals surface area contributed by atoms with Gasteiger partial charge in [0.25, 0.3) is 0 Å². The van der Waals surface area contributed by atoms with E-state index in [0.717, 1.165) is 26.9 Å². The van der Waals surface area contributed by atoms with Gasteiger partial charge in [-0.2, -0.15) is 0 Å². The predicted molar refractivity (Wildman–Crippen MR) is 117 cm³/mol. The summed E-state index contributed by atoms with van der Waals surface area (Å²) in [4.78, 5) is 18.2. The van der Waals surface area contributed by atoms with Crippen molar-refractivity contribution >= 4 is 38.7 Å². The summed E-state index contributed by atoms with van der Waals surface area (Å²) in [6.07, 6.45) is 8.47. The Bertz CT molecular complexity index is 1120. The number of imidazole rings is 1. The molecule has 0 unspecified atom stereocenters. The number of carbonyl (C=O) groups is 1. The van der Waals surface area contributed by atoms with Crippen LogP contribution in [0.5, 0.6) is 0 Å². The Kier molecular flexibility index (Phi) is 5.12. The van der Waals surface area contributed by atoms with Crippen LogP contribution in [-0.4, -0.2) is 25.5 Å². The fourth-order valence-electron chi connectivity index (χ4n) is 3.83. The van der Waals surface area contributed by atoms with Crippen molar-refractivity contribution in [3.63, 3.8) is 0 Å². The maximum atomic E-state index is 12.6. The Balaban J connectivity index is 1.28. The van der Waals surface area contributed by atoms with E-state index in [1.165, 1.54) is 43.4 Å². The van der Waals surface area contributed by atoms with Gasteiger partial charge in [-0.15, -0.1) is 21.5 Å². The molecule has 29 heavy (non-hydrogen) atoms. The average molecular weight is 424 g/mol. The molecule has 1 fully saturated rings. The fraction of sp³-hybridized carbons (Fsp3) is 0.333. The third kappa shape index (κ3) is 3.95. The van der Waals surface area contributed by atoms with Crippen molar-refractivity contribution in [2.45, 2.75) is 44.4 Å². The van der Waals surface area contributed by atoms with Crippen molar-refractivity contribution in [3.05, 3.63) is 52.6 Å². The zero-order chi connectivity index (χ0) is 19.6. The third-order valence-electron chi connectivity index (χ3n) is 5.34. The third-order valence-corrected chi connectivity index (χ3v) is 7.23. The Morgan fingerprint density at radius 3 is 2.79 bits per heavy atom. The maximum absolute atomic E-state index is 12.6. The summed E-state index contributed by atoms with van der Waals surface area (Å²) in [6.45, 7) is 0. The van der Waals surface area contributed by atoms with Crippen LogP contribution in [0.2, 0.25) is 0 Å². The van der Waals surface area contributed by atoms with E-state index in [1.54, 1.807) is 11.3 Å². The molecule has 5 rings (SSSR count). The molecule has 8 heteroatoms. The monoisotopic (exact) mass is 423 g/mol. The van der Waals surface area contributed by atoms with E-state index in [2.05, 4.69) is 20.5 Å². The van der Waals surface area contributed by atoms with E-state index in [-0.39, 0.29) is 12.3 Å². The molecule has 4 aromatic rings. The second kappa shape index (κ2) is 8.04. The van der Waals surface area contributed by atoms with Gasteiger partial charge in [0.1, 0.15) is 5.01 Å². The molecule has 1 saturated carbocycles. The molecule has 3 aromatic heterocycles. The van der Waals surface area contributed by atoms with Crippen LogP contribution in [-0.2, 0) is 11.2 Å². The molecule has 1 aliphatic rings. The lowest BCUT2D eigenvalue weighted by atomic mass is 9.90. The number of nitrogens with one attached hydrogen (secondary N) is 1. The number of aromatic nitrogens is 4. The van der Waals surface area contributed by atoms with E-state index < -0.39 is 0 Å². The van der Waals surface area contributed by atoms with Crippen LogP contribution in [0.15, 0.2) is 41.9 Å². The summed E-state index contributed by atoms with van der Waals surface area (Å²) in [5.74, 6) is 0.428. The van der Waals surface area contributed by atoms with E-state index in [4.69, 9.17) is 0 Å². The first-order valence-corrected chi connectivity index (χ1v) is 11.6. The Hall–Kier alpha value is -2.58. The lowest BCUT2D eigenvalue weighted by Gasteiger charge is -2.18. The van der Waals surface area contributed by atoms with E-state index in [9.17, 15) is 4.79 Å². The van der Waals surface area contributed by atoms with Crippen molar-refractivity contribution in [2.75, 3.05) is 5.32 Å². The van der Waals surface area contributed by atoms with Crippen LogP contribution in [0.3, 0.4) is 0 Å². The number of benzene rings is 1. The van der Waals surface area contributed by atoms with Gasteiger partial charge in [0.2, 0.25) is 11.0 Å². The van der Waals surface area contributed by atoms with Crippen LogP contribution in [0, 0.1) is 0 Å². The molecular formula is C21H21N5OS2. The first-order chi connectivity index (χ1) is 14.3. The molecule has 3 heterocycles. The van der Waals surface area contributed by atoms with Gasteiger partial charge in [-0.25, -0.2) is 4.98 Å². The normalized spacial score (nSPS) is 15.0. The Labute approximate surface area is 176 Å². The van der Waals surface area contributed by atoms with Crippen LogP contribution in [0.25, 0.3) is 16.2 Å². The molecule has 1 N–H and O–H groups in total. The number of hydrogen-bond donors (Lipinski definition) is 1. The van der Waals surface area contributed by atoms with Gasteiger partial charge in [0.05, 0.1) is 12.1 Å². The number of nitrogens with zero attached hydrogens (tertiary/aromatic N) is 4. The van der Waals surface area contributed by atoms with Gasteiger partial charge < -0.3 is 5.32 Å². The van der Waals surface area contributed by atoms with E-state index in [1.807, 2.05) is 46.3 Å². The lowest BCUT2D eigenvalue weighted by molar-refractivity contribution is -0.115. The second-order valence-electron chi connectivity index (χ2n) is 7.38. The largest absolute Gasteiger partial charge is 0.300 e. The minimum Gasteiger partial charge on any atom is -0.300 e. The highest BCUT2D eigenvalue weighted by Gasteiger charge is 2.20. The van der Waals surface area contributed by atoms with Gasteiger partial charge in [-0.05, 0) is 12.8 Å². The Morgan fingerprint density at radius 1 is 1.14 bits per heavy atom. The fourth-order valence-corrected chi connectivity index (χ4v) is 5.63. The second-order valence-corrected chi connectivity index (χ2v) is 9.22. The van der Waals surface area contributed by atoms with Crippen LogP contribution < -0.4 is 5.32 Å². The maximum Gasteiger partial charge on any atom is 0.232 e. The summed E-state index contributed by atoms with van der Waals surface area (Å²) < 4.78 is 2.00. The van der Waals surface area contributed by atoms with Crippen LogP contribution in [0.4, 0.5) is 5.13 Å². The minimum atomic E-state index is -0.0778. The van der Waals surface area contributed by atoms with E-state index in [0.29, 0.717) is 11.0 Å². The van der Waals surface area contributed by atoms with Crippen LogP contribution >= 0.6 is 22.7 Å². The summed E-state index contributed by atoms with van der Waals surface area (Å²) >= 11 is 3.06. The number of carbonyl (C=O) groups excluding carboxylic acids is 1. The van der Waals surface area contributed by atoms with Gasteiger partial charge in [0.15, 0.2) is 4.96 Å². The molecule has 0 spiro atoms. The molecule has 0 atom stereocenters.